The van der Waals surface area contributed by atoms with E-state index in [1.165, 1.54) is 5.75 Å². The average molecular weight is 332 g/mol. The van der Waals surface area contributed by atoms with Gasteiger partial charge in [-0.2, -0.15) is 0 Å². The van der Waals surface area contributed by atoms with Crippen LogP contribution < -0.4 is 8.85 Å². The molecule has 76 valence electrons. The van der Waals surface area contributed by atoms with Crippen molar-refractivity contribution in [3.8, 4) is 0 Å². The van der Waals surface area contributed by atoms with Crippen LogP contribution in [0.15, 0.2) is 0 Å². The van der Waals surface area contributed by atoms with Crippen molar-refractivity contribution in [3.63, 3.8) is 0 Å². The summed E-state index contributed by atoms with van der Waals surface area (Å²) in [4.78, 5) is 11.2. The molecule has 3 nitrogen and oxygen atoms in total. The molecule has 0 bridgehead atoms. The molecule has 1 saturated heterocycles. The lowest BCUT2D eigenvalue weighted by atomic mass is 10.2. The lowest BCUT2D eigenvalue weighted by molar-refractivity contribution is -0.120. The van der Waals surface area contributed by atoms with Gasteiger partial charge < -0.3 is 5.32 Å². The molecule has 1 rings (SSSR count). The van der Waals surface area contributed by atoms with Crippen LogP contribution in [-0.2, 0) is 4.79 Å². The molecule has 0 aromatic rings. The Morgan fingerprint density at radius 1 is 1.62 bits per heavy atom. The van der Waals surface area contributed by atoms with E-state index in [9.17, 15) is 4.79 Å². The second-order valence-electron chi connectivity index (χ2n) is 2.94. The monoisotopic (exact) mass is 332 g/mol. The lowest BCUT2D eigenvalue weighted by Gasteiger charge is -2.24. The van der Waals surface area contributed by atoms with Crippen LogP contribution in [0.2, 0.25) is 0 Å². The number of rotatable bonds is 3. The molecule has 1 fully saturated rings. The molecule has 6 heteroatoms. The summed E-state index contributed by atoms with van der Waals surface area (Å²) >= 11 is 1.87. The summed E-state index contributed by atoms with van der Waals surface area (Å²) in [6.07, 6.45) is 1.16. The van der Waals surface area contributed by atoms with Gasteiger partial charge in [-0.3, -0.25) is 8.32 Å². The van der Waals surface area contributed by atoms with Crippen LogP contribution in [0.5, 0.6) is 0 Å². The van der Waals surface area contributed by atoms with Crippen LogP contribution in [-0.4, -0.2) is 29.5 Å². The zero-order valence-electron chi connectivity index (χ0n) is 7.38. The first-order valence-corrected chi connectivity index (χ1v) is 7.71. The topological polar surface area (TPSA) is 41.1 Å². The van der Waals surface area contributed by atoms with Gasteiger partial charge in [0.05, 0.1) is 28.9 Å². The second-order valence-corrected chi connectivity index (χ2v) is 6.11. The van der Waals surface area contributed by atoms with E-state index < -0.39 is 0 Å². The lowest BCUT2D eigenvalue weighted by Crippen LogP contribution is -2.46. The minimum atomic E-state index is -0.0781. The minimum absolute atomic E-state index is 0.0591. The predicted octanol–water partition coefficient (Wildman–Crippen LogP) is 1.58. The maximum atomic E-state index is 11.2. The van der Waals surface area contributed by atoms with E-state index in [4.69, 9.17) is 0 Å². The molecule has 1 amide bonds. The molecule has 2 unspecified atom stereocenters. The Bertz CT molecular complexity index is 176. The number of amides is 1. The summed E-state index contributed by atoms with van der Waals surface area (Å²) in [5.74, 6) is 2.34. The van der Waals surface area contributed by atoms with Crippen molar-refractivity contribution >= 4 is 50.4 Å². The Hall–Kier alpha value is 0.860. The molecule has 1 aliphatic heterocycles. The summed E-state index contributed by atoms with van der Waals surface area (Å²) < 4.78 is 2.61. The van der Waals surface area contributed by atoms with Gasteiger partial charge in [0.15, 0.2) is 0 Å². The van der Waals surface area contributed by atoms with Gasteiger partial charge in [0.1, 0.15) is 0 Å². The van der Waals surface area contributed by atoms with Crippen molar-refractivity contribution in [1.29, 1.82) is 0 Å². The summed E-state index contributed by atoms with van der Waals surface area (Å²) in [6, 6.07) is 0.417. The van der Waals surface area contributed by atoms with E-state index in [0.29, 0.717) is 6.04 Å². The Labute approximate surface area is 100 Å². The third-order valence-electron chi connectivity index (χ3n) is 1.87. The molecule has 1 aliphatic rings. The van der Waals surface area contributed by atoms with Crippen molar-refractivity contribution < 1.29 is 4.79 Å². The van der Waals surface area contributed by atoms with Gasteiger partial charge in [0.25, 0.3) is 0 Å². The highest BCUT2D eigenvalue weighted by molar-refractivity contribution is 14.1. The van der Waals surface area contributed by atoms with E-state index in [2.05, 4.69) is 8.85 Å². The number of hydrogen-bond acceptors (Lipinski definition) is 4. The van der Waals surface area contributed by atoms with E-state index in [-0.39, 0.29) is 11.9 Å². The number of carbonyl (C=O) groups is 1. The minimum Gasteiger partial charge on any atom is -0.302 e. The van der Waals surface area contributed by atoms with Crippen molar-refractivity contribution in [3.05, 3.63) is 0 Å². The summed E-state index contributed by atoms with van der Waals surface area (Å²) in [5.41, 5.74) is 0. The molecule has 2 atom stereocenters. The number of hydrogen-bond donors (Lipinski definition) is 2. The smallest absolute Gasteiger partial charge is 0.245 e. The van der Waals surface area contributed by atoms with Gasteiger partial charge in [-0.05, 0) is 13.3 Å². The van der Waals surface area contributed by atoms with E-state index >= 15 is 0 Å². The number of halogens is 1. The molecule has 0 aliphatic carbocycles. The van der Waals surface area contributed by atoms with Crippen molar-refractivity contribution in [2.24, 2.45) is 0 Å². The highest BCUT2D eigenvalue weighted by Gasteiger charge is 2.19. The van der Waals surface area contributed by atoms with Gasteiger partial charge in [-0.25, -0.2) is 0 Å². The molecule has 0 spiro atoms. The van der Waals surface area contributed by atoms with Crippen molar-refractivity contribution in [2.45, 2.75) is 25.4 Å². The molecule has 13 heavy (non-hydrogen) atoms. The summed E-state index contributed by atoms with van der Waals surface area (Å²) in [7, 11) is 3.80. The van der Waals surface area contributed by atoms with Crippen LogP contribution in [0.1, 0.15) is 13.3 Å². The maximum Gasteiger partial charge on any atom is 0.245 e. The van der Waals surface area contributed by atoms with E-state index in [1.807, 2.05) is 51.4 Å². The van der Waals surface area contributed by atoms with Gasteiger partial charge in [0.2, 0.25) is 5.91 Å². The molecular formula is C7H13IN2OS2. The molecular weight excluding hydrogens is 319 g/mol. The highest BCUT2D eigenvalue weighted by Crippen LogP contribution is 2.29. The first-order chi connectivity index (χ1) is 6.24. The molecule has 0 saturated carbocycles. The molecule has 0 radical (unpaired) electrons. The standard InChI is InChI=1S/C7H13IN2OS2/c1-5(7(11)10-8)9-6-2-3-12-13-4-6/h5-6,9H,2-4H2,1H3,(H,10,11). The first kappa shape index (κ1) is 11.9. The summed E-state index contributed by atoms with van der Waals surface area (Å²) in [6.45, 7) is 1.90. The Morgan fingerprint density at radius 2 is 2.38 bits per heavy atom. The fourth-order valence-electron chi connectivity index (χ4n) is 1.11. The number of carbonyl (C=O) groups excluding carboxylic acids is 1. The Balaban J connectivity index is 2.25. The molecule has 0 aromatic heterocycles. The van der Waals surface area contributed by atoms with Crippen molar-refractivity contribution in [1.82, 2.24) is 8.85 Å². The fourth-order valence-corrected chi connectivity index (χ4v) is 4.02. The van der Waals surface area contributed by atoms with E-state index in [1.54, 1.807) is 0 Å². The fraction of sp³-hybridized carbons (Fsp3) is 0.857. The average Bonchev–Trinajstić information content (AvgIpc) is 2.18. The Morgan fingerprint density at radius 3 is 2.92 bits per heavy atom. The van der Waals surface area contributed by atoms with Crippen molar-refractivity contribution in [2.75, 3.05) is 11.5 Å². The van der Waals surface area contributed by atoms with Gasteiger partial charge in [0, 0.05) is 17.5 Å². The predicted molar refractivity (Wildman–Crippen MR) is 68.1 cm³/mol. The molecule has 0 aromatic carbocycles. The van der Waals surface area contributed by atoms with Crippen LogP contribution in [0.25, 0.3) is 0 Å². The van der Waals surface area contributed by atoms with E-state index in [0.717, 1.165) is 12.2 Å². The molecule has 1 heterocycles. The van der Waals surface area contributed by atoms with Gasteiger partial charge in [-0.15, -0.1) is 0 Å². The first-order valence-electron chi connectivity index (χ1n) is 4.15. The van der Waals surface area contributed by atoms with Gasteiger partial charge >= 0.3 is 0 Å². The number of nitrogens with one attached hydrogen (secondary N) is 2. The summed E-state index contributed by atoms with van der Waals surface area (Å²) in [5, 5.41) is 3.32. The largest absolute Gasteiger partial charge is 0.302 e. The zero-order valence-corrected chi connectivity index (χ0v) is 11.2. The van der Waals surface area contributed by atoms with Crippen LogP contribution >= 0.6 is 44.5 Å². The Kier molecular flexibility index (Phi) is 5.84. The molecule has 2 N–H and O–H groups in total. The second kappa shape index (κ2) is 6.36. The van der Waals surface area contributed by atoms with Crippen LogP contribution in [0.4, 0.5) is 0 Å². The highest BCUT2D eigenvalue weighted by atomic mass is 127. The third-order valence-corrected chi connectivity index (χ3v) is 4.92. The quantitative estimate of drug-likeness (QED) is 0.468. The van der Waals surface area contributed by atoms with Crippen LogP contribution in [0, 0.1) is 0 Å². The zero-order chi connectivity index (χ0) is 9.68. The van der Waals surface area contributed by atoms with Gasteiger partial charge in [-0.1, -0.05) is 21.6 Å². The maximum absolute atomic E-state index is 11.2. The SMILES string of the molecule is CC(NC1CCSSC1)C(=O)NI. The third kappa shape index (κ3) is 4.26. The normalized spacial score (nSPS) is 25.2. The van der Waals surface area contributed by atoms with Crippen LogP contribution in [0.3, 0.4) is 0 Å².